The molecule has 4 nitrogen and oxygen atoms in total. The molecule has 1 atom stereocenters. The summed E-state index contributed by atoms with van der Waals surface area (Å²) >= 11 is 4.99. The van der Waals surface area contributed by atoms with E-state index in [0.717, 1.165) is 13.1 Å². The van der Waals surface area contributed by atoms with Crippen LogP contribution < -0.4 is 10.5 Å². The first-order valence-electron chi connectivity index (χ1n) is 7.09. The number of para-hydroxylation sites is 1. The van der Waals surface area contributed by atoms with Crippen LogP contribution in [0.1, 0.15) is 24.8 Å². The van der Waals surface area contributed by atoms with E-state index in [1.54, 1.807) is 0 Å². The molecule has 1 aliphatic rings. The van der Waals surface area contributed by atoms with Crippen molar-refractivity contribution in [3.63, 3.8) is 0 Å². The summed E-state index contributed by atoms with van der Waals surface area (Å²) in [7, 11) is 0. The molecule has 0 amide bonds. The van der Waals surface area contributed by atoms with Crippen molar-refractivity contribution in [3.05, 3.63) is 29.8 Å². The van der Waals surface area contributed by atoms with Crippen LogP contribution in [0.25, 0.3) is 0 Å². The molecule has 0 bridgehead atoms. The van der Waals surface area contributed by atoms with Gasteiger partial charge in [0, 0.05) is 6.54 Å². The van der Waals surface area contributed by atoms with Crippen LogP contribution in [0.15, 0.2) is 24.3 Å². The maximum Gasteiger partial charge on any atom is 0.129 e. The van der Waals surface area contributed by atoms with Crippen LogP contribution in [-0.4, -0.2) is 47.3 Å². The lowest BCUT2D eigenvalue weighted by Gasteiger charge is -2.28. The summed E-state index contributed by atoms with van der Waals surface area (Å²) in [5.74, 6) is 0.637. The van der Waals surface area contributed by atoms with Crippen molar-refractivity contribution in [3.8, 4) is 5.75 Å². The second-order valence-corrected chi connectivity index (χ2v) is 5.63. The summed E-state index contributed by atoms with van der Waals surface area (Å²) in [6.45, 7) is 3.06. The number of nitrogens with two attached hydrogens (primary N) is 1. The molecular formula is C15H22N2O2S. The average Bonchev–Trinajstić information content (AvgIpc) is 2.46. The van der Waals surface area contributed by atoms with Crippen molar-refractivity contribution in [1.29, 1.82) is 0 Å². The van der Waals surface area contributed by atoms with Crippen LogP contribution in [0, 0.1) is 0 Å². The monoisotopic (exact) mass is 294 g/mol. The summed E-state index contributed by atoms with van der Waals surface area (Å²) in [5, 5.41) is 10.1. The zero-order valence-electron chi connectivity index (χ0n) is 11.6. The Morgan fingerprint density at radius 3 is 2.70 bits per heavy atom. The third kappa shape index (κ3) is 4.44. The van der Waals surface area contributed by atoms with Crippen LogP contribution in [0.4, 0.5) is 0 Å². The molecule has 2 rings (SSSR count). The first kappa shape index (κ1) is 15.2. The zero-order valence-corrected chi connectivity index (χ0v) is 12.4. The summed E-state index contributed by atoms with van der Waals surface area (Å²) in [6.07, 6.45) is 3.24. The van der Waals surface area contributed by atoms with Crippen LogP contribution in [0.5, 0.6) is 5.75 Å². The Balaban J connectivity index is 1.83. The number of aliphatic hydroxyl groups is 1. The van der Waals surface area contributed by atoms with Gasteiger partial charge >= 0.3 is 0 Å². The Morgan fingerprint density at radius 1 is 1.30 bits per heavy atom. The van der Waals surface area contributed by atoms with E-state index in [1.807, 2.05) is 24.3 Å². The van der Waals surface area contributed by atoms with Gasteiger partial charge in [-0.15, -0.1) is 0 Å². The van der Waals surface area contributed by atoms with Crippen LogP contribution in [0.2, 0.25) is 0 Å². The topological polar surface area (TPSA) is 58.7 Å². The van der Waals surface area contributed by atoms with Crippen LogP contribution in [0.3, 0.4) is 0 Å². The molecule has 5 heteroatoms. The van der Waals surface area contributed by atoms with Gasteiger partial charge in [0.25, 0.3) is 0 Å². The van der Waals surface area contributed by atoms with Crippen molar-refractivity contribution in [2.75, 3.05) is 26.2 Å². The predicted molar refractivity (Wildman–Crippen MR) is 84.1 cm³/mol. The molecule has 1 aliphatic heterocycles. The van der Waals surface area contributed by atoms with Gasteiger partial charge in [0.1, 0.15) is 23.4 Å². The molecule has 110 valence electrons. The minimum absolute atomic E-state index is 0.260. The summed E-state index contributed by atoms with van der Waals surface area (Å²) < 4.78 is 5.66. The number of ether oxygens (including phenoxy) is 1. The molecule has 20 heavy (non-hydrogen) atoms. The van der Waals surface area contributed by atoms with Gasteiger partial charge in [0.05, 0.1) is 5.56 Å². The minimum Gasteiger partial charge on any atom is -0.490 e. The number of aliphatic hydroxyl groups excluding tert-OH is 1. The number of nitrogens with zero attached hydrogens (tertiary/aromatic N) is 1. The van der Waals surface area contributed by atoms with Crippen molar-refractivity contribution in [2.24, 2.45) is 5.73 Å². The van der Waals surface area contributed by atoms with Gasteiger partial charge < -0.3 is 20.5 Å². The van der Waals surface area contributed by atoms with E-state index < -0.39 is 6.10 Å². The molecule has 1 fully saturated rings. The molecule has 3 N–H and O–H groups in total. The Labute approximate surface area is 125 Å². The van der Waals surface area contributed by atoms with E-state index in [2.05, 4.69) is 4.90 Å². The number of hydrogen-bond acceptors (Lipinski definition) is 4. The smallest absolute Gasteiger partial charge is 0.129 e. The molecule has 1 aromatic rings. The molecule has 1 unspecified atom stereocenters. The maximum atomic E-state index is 10.1. The number of benzene rings is 1. The van der Waals surface area contributed by atoms with Gasteiger partial charge in [0.2, 0.25) is 0 Å². The maximum absolute atomic E-state index is 10.1. The molecule has 1 heterocycles. The Kier molecular flexibility index (Phi) is 5.76. The predicted octanol–water partition coefficient (Wildman–Crippen LogP) is 1.55. The molecule has 0 radical (unpaired) electrons. The number of likely N-dealkylation sites (tertiary alicyclic amines) is 1. The highest BCUT2D eigenvalue weighted by atomic mass is 32.1. The highest BCUT2D eigenvalue weighted by Gasteiger charge is 2.15. The van der Waals surface area contributed by atoms with Crippen LogP contribution >= 0.6 is 12.2 Å². The summed E-state index contributed by atoms with van der Waals surface area (Å²) in [4.78, 5) is 2.60. The number of thiocarbonyl (C=S) groups is 1. The van der Waals surface area contributed by atoms with E-state index in [4.69, 9.17) is 22.7 Å². The van der Waals surface area contributed by atoms with Crippen molar-refractivity contribution in [1.82, 2.24) is 4.90 Å². The summed E-state index contributed by atoms with van der Waals surface area (Å²) in [5.41, 5.74) is 6.37. The highest BCUT2D eigenvalue weighted by Crippen LogP contribution is 2.18. The van der Waals surface area contributed by atoms with E-state index >= 15 is 0 Å². The van der Waals surface area contributed by atoms with Crippen molar-refractivity contribution < 1.29 is 9.84 Å². The lowest BCUT2D eigenvalue weighted by molar-refractivity contribution is 0.0617. The van der Waals surface area contributed by atoms with Crippen molar-refractivity contribution >= 4 is 17.2 Å². The lowest BCUT2D eigenvalue weighted by atomic mass is 10.1. The van der Waals surface area contributed by atoms with E-state index in [9.17, 15) is 5.11 Å². The Morgan fingerprint density at radius 2 is 2.00 bits per heavy atom. The standard InChI is InChI=1S/C15H22N2O2S/c16-15(20)13-6-2-3-7-14(13)19-11-12(18)10-17-8-4-1-5-9-17/h2-3,6-7,12,18H,1,4-5,8-11H2,(H2,16,20). The van der Waals surface area contributed by atoms with Gasteiger partial charge in [-0.05, 0) is 38.1 Å². The molecule has 0 saturated carbocycles. The molecule has 1 aromatic carbocycles. The molecular weight excluding hydrogens is 272 g/mol. The van der Waals surface area contributed by atoms with E-state index in [0.29, 0.717) is 22.8 Å². The number of piperidine rings is 1. The van der Waals surface area contributed by atoms with E-state index in [-0.39, 0.29) is 6.61 Å². The lowest BCUT2D eigenvalue weighted by Crippen LogP contribution is -2.38. The van der Waals surface area contributed by atoms with Gasteiger partial charge in [-0.2, -0.15) is 0 Å². The first-order valence-corrected chi connectivity index (χ1v) is 7.49. The largest absolute Gasteiger partial charge is 0.490 e. The number of rotatable bonds is 6. The van der Waals surface area contributed by atoms with E-state index in [1.165, 1.54) is 19.3 Å². The Bertz CT molecular complexity index is 447. The fourth-order valence-electron chi connectivity index (χ4n) is 2.47. The van der Waals surface area contributed by atoms with Gasteiger partial charge in [-0.1, -0.05) is 30.8 Å². The molecule has 0 spiro atoms. The normalized spacial score (nSPS) is 17.6. The fraction of sp³-hybridized carbons (Fsp3) is 0.533. The van der Waals surface area contributed by atoms with Gasteiger partial charge in [-0.3, -0.25) is 0 Å². The SMILES string of the molecule is NC(=S)c1ccccc1OCC(O)CN1CCCCC1. The molecule has 0 aliphatic carbocycles. The summed E-state index contributed by atoms with van der Waals surface area (Å²) in [6, 6.07) is 7.39. The minimum atomic E-state index is -0.493. The average molecular weight is 294 g/mol. The fourth-order valence-corrected chi connectivity index (χ4v) is 2.64. The third-order valence-electron chi connectivity index (χ3n) is 3.50. The van der Waals surface area contributed by atoms with Gasteiger partial charge in [-0.25, -0.2) is 0 Å². The highest BCUT2D eigenvalue weighted by molar-refractivity contribution is 7.80. The van der Waals surface area contributed by atoms with Crippen LogP contribution in [-0.2, 0) is 0 Å². The molecule has 0 aromatic heterocycles. The second kappa shape index (κ2) is 7.57. The second-order valence-electron chi connectivity index (χ2n) is 5.19. The Hall–Kier alpha value is -1.17. The zero-order chi connectivity index (χ0) is 14.4. The van der Waals surface area contributed by atoms with Gasteiger partial charge in [0.15, 0.2) is 0 Å². The molecule has 1 saturated heterocycles. The van der Waals surface area contributed by atoms with Crippen molar-refractivity contribution in [2.45, 2.75) is 25.4 Å². The number of β-amino-alcohol motifs (C(OH)–C–C–N with tert-alkyl or cyclic N) is 1. The third-order valence-corrected chi connectivity index (χ3v) is 3.72. The number of hydrogen-bond donors (Lipinski definition) is 2. The quantitative estimate of drug-likeness (QED) is 0.780. The first-order chi connectivity index (χ1) is 9.66.